The van der Waals surface area contributed by atoms with Crippen molar-refractivity contribution in [2.24, 2.45) is 11.5 Å². The number of primary amides is 1. The molecule has 144 valence electrons. The highest BCUT2D eigenvalue weighted by atomic mass is 32.2. The van der Waals surface area contributed by atoms with Gasteiger partial charge in [0.15, 0.2) is 0 Å². The monoisotopic (exact) mass is 390 g/mol. The standard InChI is InChI=1S/C24H26N2OS/c1-23(2,21(25)22(26)27)28-24(18-12-6-3-7-13-18,19-14-8-4-9-15-19)20-16-10-5-11-17-20/h3-17,21H,25H2,1-2H3,(H2,26,27). The van der Waals surface area contributed by atoms with Crippen LogP contribution < -0.4 is 11.5 Å². The smallest absolute Gasteiger partial charge is 0.235 e. The van der Waals surface area contributed by atoms with Crippen LogP contribution in [0.1, 0.15) is 30.5 Å². The lowest BCUT2D eigenvalue weighted by Gasteiger charge is -2.43. The Kier molecular flexibility index (Phi) is 5.92. The quantitative estimate of drug-likeness (QED) is 0.591. The number of carbonyl (C=O) groups excluding carboxylic acids is 1. The number of amides is 1. The fourth-order valence-corrected chi connectivity index (χ4v) is 5.29. The van der Waals surface area contributed by atoms with Gasteiger partial charge in [-0.15, -0.1) is 11.8 Å². The van der Waals surface area contributed by atoms with E-state index in [9.17, 15) is 4.79 Å². The lowest BCUT2D eigenvalue weighted by atomic mass is 9.84. The molecule has 1 atom stereocenters. The maximum Gasteiger partial charge on any atom is 0.235 e. The van der Waals surface area contributed by atoms with Crippen LogP contribution in [0.25, 0.3) is 0 Å². The van der Waals surface area contributed by atoms with Gasteiger partial charge in [-0.2, -0.15) is 0 Å². The van der Waals surface area contributed by atoms with E-state index in [1.54, 1.807) is 11.8 Å². The zero-order valence-corrected chi connectivity index (χ0v) is 17.0. The van der Waals surface area contributed by atoms with Crippen molar-refractivity contribution in [3.05, 3.63) is 108 Å². The summed E-state index contributed by atoms with van der Waals surface area (Å²) in [5.74, 6) is -0.499. The topological polar surface area (TPSA) is 69.1 Å². The number of nitrogens with two attached hydrogens (primary N) is 2. The van der Waals surface area contributed by atoms with E-state index in [4.69, 9.17) is 11.5 Å². The molecule has 0 aliphatic rings. The summed E-state index contributed by atoms with van der Waals surface area (Å²) in [7, 11) is 0. The molecule has 0 aromatic heterocycles. The molecule has 28 heavy (non-hydrogen) atoms. The molecule has 0 saturated heterocycles. The molecule has 0 heterocycles. The highest BCUT2D eigenvalue weighted by Gasteiger charge is 2.45. The maximum atomic E-state index is 11.9. The first kappa shape index (κ1) is 20.2. The molecule has 1 amide bonds. The fourth-order valence-electron chi connectivity index (χ4n) is 3.50. The highest BCUT2D eigenvalue weighted by molar-refractivity contribution is 8.02. The van der Waals surface area contributed by atoms with Gasteiger partial charge >= 0.3 is 0 Å². The number of rotatable bonds is 7. The number of thioether (sulfide) groups is 1. The van der Waals surface area contributed by atoms with Gasteiger partial charge < -0.3 is 11.5 Å². The minimum Gasteiger partial charge on any atom is -0.368 e. The Labute approximate surface area is 171 Å². The Morgan fingerprint density at radius 2 is 1.07 bits per heavy atom. The van der Waals surface area contributed by atoms with Gasteiger partial charge in [0, 0.05) is 4.75 Å². The van der Waals surface area contributed by atoms with Crippen LogP contribution in [0, 0.1) is 0 Å². The van der Waals surface area contributed by atoms with Crippen molar-refractivity contribution in [1.82, 2.24) is 0 Å². The molecule has 0 radical (unpaired) electrons. The summed E-state index contributed by atoms with van der Waals surface area (Å²) in [6.07, 6.45) is 0. The second kappa shape index (κ2) is 8.21. The largest absolute Gasteiger partial charge is 0.368 e. The molecule has 3 aromatic rings. The Hall–Kier alpha value is -2.56. The van der Waals surface area contributed by atoms with E-state index in [1.165, 1.54) is 0 Å². The summed E-state index contributed by atoms with van der Waals surface area (Å²) in [6.45, 7) is 3.97. The van der Waals surface area contributed by atoms with Crippen molar-refractivity contribution in [2.45, 2.75) is 29.4 Å². The van der Waals surface area contributed by atoms with Crippen molar-refractivity contribution in [3.63, 3.8) is 0 Å². The van der Waals surface area contributed by atoms with Gasteiger partial charge in [0.1, 0.15) is 0 Å². The van der Waals surface area contributed by atoms with Crippen LogP contribution in [-0.2, 0) is 9.54 Å². The van der Waals surface area contributed by atoms with Crippen molar-refractivity contribution < 1.29 is 4.79 Å². The molecule has 0 aliphatic heterocycles. The summed E-state index contributed by atoms with van der Waals surface area (Å²) < 4.78 is -1.15. The molecule has 0 spiro atoms. The van der Waals surface area contributed by atoms with Gasteiger partial charge in [0.05, 0.1) is 10.8 Å². The van der Waals surface area contributed by atoms with Crippen LogP contribution in [0.3, 0.4) is 0 Å². The molecule has 1 unspecified atom stereocenters. The van der Waals surface area contributed by atoms with Gasteiger partial charge in [-0.1, -0.05) is 91.0 Å². The predicted molar refractivity (Wildman–Crippen MR) is 118 cm³/mol. The van der Waals surface area contributed by atoms with Gasteiger partial charge in [-0.05, 0) is 30.5 Å². The number of hydrogen-bond donors (Lipinski definition) is 2. The van der Waals surface area contributed by atoms with E-state index in [0.29, 0.717) is 0 Å². The molecule has 0 bridgehead atoms. The molecule has 3 rings (SSSR count). The van der Waals surface area contributed by atoms with Gasteiger partial charge in [-0.3, -0.25) is 4.79 Å². The van der Waals surface area contributed by atoms with E-state index in [-0.39, 0.29) is 0 Å². The Balaban J connectivity index is 2.30. The average molecular weight is 391 g/mol. The fraction of sp³-hybridized carbons (Fsp3) is 0.208. The number of benzene rings is 3. The lowest BCUT2D eigenvalue weighted by Crippen LogP contribution is -2.52. The molecule has 0 aliphatic carbocycles. The molecular formula is C24H26N2OS. The zero-order valence-electron chi connectivity index (χ0n) is 16.2. The normalized spacial score (nSPS) is 13.1. The van der Waals surface area contributed by atoms with Crippen molar-refractivity contribution in [3.8, 4) is 0 Å². The Morgan fingerprint density at radius 3 is 1.36 bits per heavy atom. The van der Waals surface area contributed by atoms with E-state index in [0.717, 1.165) is 16.7 Å². The first-order chi connectivity index (χ1) is 13.4. The van der Waals surface area contributed by atoms with Crippen LogP contribution in [0.15, 0.2) is 91.0 Å². The van der Waals surface area contributed by atoms with Crippen molar-refractivity contribution in [2.75, 3.05) is 0 Å². The van der Waals surface area contributed by atoms with Gasteiger partial charge in [0.2, 0.25) is 5.91 Å². The van der Waals surface area contributed by atoms with Crippen LogP contribution >= 0.6 is 11.8 Å². The summed E-state index contributed by atoms with van der Waals surface area (Å²) in [4.78, 5) is 11.9. The molecule has 4 heteroatoms. The molecule has 3 aromatic carbocycles. The van der Waals surface area contributed by atoms with Crippen LogP contribution in [0.2, 0.25) is 0 Å². The van der Waals surface area contributed by atoms with Crippen molar-refractivity contribution >= 4 is 17.7 Å². The van der Waals surface area contributed by atoms with E-state index < -0.39 is 21.4 Å². The molecule has 4 N–H and O–H groups in total. The SMILES string of the molecule is CC(C)(SC(c1ccccc1)(c1ccccc1)c1ccccc1)C(N)C(N)=O. The maximum absolute atomic E-state index is 11.9. The van der Waals surface area contributed by atoms with E-state index in [2.05, 4.69) is 36.4 Å². The van der Waals surface area contributed by atoms with E-state index >= 15 is 0 Å². The lowest BCUT2D eigenvalue weighted by molar-refractivity contribution is -0.119. The number of carbonyl (C=O) groups is 1. The Morgan fingerprint density at radius 1 is 0.750 bits per heavy atom. The van der Waals surface area contributed by atoms with Crippen LogP contribution in [0.4, 0.5) is 0 Å². The van der Waals surface area contributed by atoms with Gasteiger partial charge in [0.25, 0.3) is 0 Å². The Bertz CT molecular complexity index is 814. The zero-order chi connectivity index (χ0) is 20.2. The second-order valence-corrected chi connectivity index (χ2v) is 9.23. The first-order valence-electron chi connectivity index (χ1n) is 9.29. The van der Waals surface area contributed by atoms with Crippen molar-refractivity contribution in [1.29, 1.82) is 0 Å². The second-order valence-electron chi connectivity index (χ2n) is 7.36. The third-order valence-electron chi connectivity index (χ3n) is 5.01. The summed E-state index contributed by atoms with van der Waals surface area (Å²) in [6, 6.07) is 30.2. The molecule has 3 nitrogen and oxygen atoms in total. The molecule has 0 saturated carbocycles. The third kappa shape index (κ3) is 3.84. The van der Waals surface area contributed by atoms with Crippen LogP contribution in [0.5, 0.6) is 0 Å². The third-order valence-corrected chi connectivity index (χ3v) is 6.81. The molecule has 0 fully saturated rings. The summed E-state index contributed by atoms with van der Waals surface area (Å²) in [5, 5.41) is 0. The van der Waals surface area contributed by atoms with Crippen LogP contribution in [-0.4, -0.2) is 16.7 Å². The minimum atomic E-state index is -0.784. The summed E-state index contributed by atoms with van der Waals surface area (Å²) in [5.41, 5.74) is 15.2. The predicted octanol–water partition coefficient (Wildman–Crippen LogP) is 4.30. The molecular weight excluding hydrogens is 364 g/mol. The minimum absolute atomic E-state index is 0.499. The van der Waals surface area contributed by atoms with Gasteiger partial charge in [-0.25, -0.2) is 0 Å². The highest BCUT2D eigenvalue weighted by Crippen LogP contribution is 2.53. The first-order valence-corrected chi connectivity index (χ1v) is 10.1. The van der Waals surface area contributed by atoms with E-state index in [1.807, 2.05) is 68.4 Å². The average Bonchev–Trinajstić information content (AvgIpc) is 2.73. The number of hydrogen-bond acceptors (Lipinski definition) is 3. The summed E-state index contributed by atoms with van der Waals surface area (Å²) >= 11 is 1.66.